The molecule has 1 aromatic carbocycles. The third kappa shape index (κ3) is 4.85. The molecule has 1 unspecified atom stereocenters. The number of amides is 2. The fourth-order valence-corrected chi connectivity index (χ4v) is 1.92. The topological polar surface area (TPSA) is 58.2 Å². The van der Waals surface area contributed by atoms with Gasteiger partial charge in [0.1, 0.15) is 0 Å². The molecule has 0 fully saturated rings. The predicted molar refractivity (Wildman–Crippen MR) is 82.1 cm³/mol. The van der Waals surface area contributed by atoms with Crippen molar-refractivity contribution < 1.29 is 9.59 Å². The monoisotopic (exact) mass is 296 g/mol. The van der Waals surface area contributed by atoms with Gasteiger partial charge < -0.3 is 10.6 Å². The number of halogens is 1. The highest BCUT2D eigenvalue weighted by atomic mass is 35.5. The summed E-state index contributed by atoms with van der Waals surface area (Å²) < 4.78 is 0. The highest BCUT2D eigenvalue weighted by molar-refractivity contribution is 6.39. The second kappa shape index (κ2) is 8.59. The minimum Gasteiger partial charge on any atom is -0.348 e. The lowest BCUT2D eigenvalue weighted by molar-refractivity contribution is -0.136. The van der Waals surface area contributed by atoms with Gasteiger partial charge in [0.15, 0.2) is 0 Å². The van der Waals surface area contributed by atoms with Crippen LogP contribution in [0.15, 0.2) is 24.3 Å². The summed E-state index contributed by atoms with van der Waals surface area (Å²) in [5.41, 5.74) is 1.73. The molecule has 2 amide bonds. The van der Waals surface area contributed by atoms with Gasteiger partial charge in [-0.2, -0.15) is 0 Å². The zero-order chi connectivity index (χ0) is 15.0. The van der Waals surface area contributed by atoms with E-state index >= 15 is 0 Å². The number of benzene rings is 1. The lowest BCUT2D eigenvalue weighted by atomic mass is 9.97. The van der Waals surface area contributed by atoms with E-state index in [1.807, 2.05) is 24.3 Å². The lowest BCUT2D eigenvalue weighted by Crippen LogP contribution is -2.36. The molecule has 20 heavy (non-hydrogen) atoms. The second-order valence-corrected chi connectivity index (χ2v) is 5.03. The summed E-state index contributed by atoms with van der Waals surface area (Å²) in [6.45, 7) is 4.58. The molecule has 0 saturated carbocycles. The molecule has 0 spiro atoms. The van der Waals surface area contributed by atoms with Gasteiger partial charge in [-0.25, -0.2) is 0 Å². The van der Waals surface area contributed by atoms with Crippen molar-refractivity contribution in [2.75, 3.05) is 17.7 Å². The predicted octanol–water partition coefficient (Wildman–Crippen LogP) is 2.88. The highest BCUT2D eigenvalue weighted by Crippen LogP contribution is 2.26. The van der Waals surface area contributed by atoms with Gasteiger partial charge in [-0.1, -0.05) is 32.0 Å². The Morgan fingerprint density at radius 2 is 1.95 bits per heavy atom. The largest absolute Gasteiger partial charge is 0.348 e. The van der Waals surface area contributed by atoms with E-state index in [2.05, 4.69) is 24.5 Å². The number of hydrogen-bond acceptors (Lipinski definition) is 2. The van der Waals surface area contributed by atoms with Gasteiger partial charge in [0.25, 0.3) is 0 Å². The first kappa shape index (κ1) is 16.5. The van der Waals surface area contributed by atoms with E-state index in [1.54, 1.807) is 0 Å². The fourth-order valence-electron chi connectivity index (χ4n) is 1.79. The molecule has 0 bridgehead atoms. The van der Waals surface area contributed by atoms with Crippen molar-refractivity contribution in [2.45, 2.75) is 32.6 Å². The van der Waals surface area contributed by atoms with Crippen molar-refractivity contribution in [3.05, 3.63) is 29.8 Å². The molecule has 2 N–H and O–H groups in total. The molecule has 110 valence electrons. The molecule has 0 aliphatic rings. The van der Waals surface area contributed by atoms with Gasteiger partial charge in [-0.05, 0) is 30.4 Å². The third-order valence-corrected chi connectivity index (χ3v) is 3.42. The van der Waals surface area contributed by atoms with Crippen molar-refractivity contribution in [3.63, 3.8) is 0 Å². The fraction of sp³-hybridized carbons (Fsp3) is 0.467. The Bertz CT molecular complexity index is 463. The summed E-state index contributed by atoms with van der Waals surface area (Å²) in [5.74, 6) is -0.492. The van der Waals surface area contributed by atoms with Crippen molar-refractivity contribution in [1.29, 1.82) is 0 Å². The van der Waals surface area contributed by atoms with Crippen molar-refractivity contribution in [3.8, 4) is 0 Å². The van der Waals surface area contributed by atoms with Crippen LogP contribution in [0.2, 0.25) is 0 Å². The first-order valence-corrected chi connectivity index (χ1v) is 7.37. The van der Waals surface area contributed by atoms with Crippen LogP contribution in [0.4, 0.5) is 5.69 Å². The zero-order valence-corrected chi connectivity index (χ0v) is 12.7. The van der Waals surface area contributed by atoms with Crippen molar-refractivity contribution in [2.24, 2.45) is 0 Å². The average molecular weight is 297 g/mol. The Labute approximate surface area is 124 Å². The molecule has 0 aliphatic heterocycles. The van der Waals surface area contributed by atoms with Crippen LogP contribution in [0, 0.1) is 0 Å². The summed E-state index contributed by atoms with van der Waals surface area (Å²) in [5, 5.41) is 5.20. The molecule has 4 nitrogen and oxygen atoms in total. The Morgan fingerprint density at radius 3 is 2.60 bits per heavy atom. The summed E-state index contributed by atoms with van der Waals surface area (Å²) in [6, 6.07) is 7.55. The van der Waals surface area contributed by atoms with Crippen LogP contribution in [-0.4, -0.2) is 24.2 Å². The number of anilines is 1. The van der Waals surface area contributed by atoms with Gasteiger partial charge in [-0.15, -0.1) is 11.6 Å². The average Bonchev–Trinajstić information content (AvgIpc) is 2.47. The van der Waals surface area contributed by atoms with Crippen LogP contribution >= 0.6 is 11.6 Å². The molecular formula is C15H21ClN2O2. The van der Waals surface area contributed by atoms with Crippen LogP contribution in [-0.2, 0) is 9.59 Å². The van der Waals surface area contributed by atoms with Crippen LogP contribution < -0.4 is 10.6 Å². The van der Waals surface area contributed by atoms with Gasteiger partial charge in [0.2, 0.25) is 0 Å². The quantitative estimate of drug-likeness (QED) is 0.482. The van der Waals surface area contributed by atoms with E-state index in [0.717, 1.165) is 12.0 Å². The molecule has 5 heteroatoms. The summed E-state index contributed by atoms with van der Waals surface area (Å²) in [6.07, 6.45) is 1.61. The minimum absolute atomic E-state index is 0.325. The number of para-hydroxylation sites is 1. The van der Waals surface area contributed by atoms with Gasteiger partial charge >= 0.3 is 11.8 Å². The maximum atomic E-state index is 11.8. The molecule has 0 radical (unpaired) electrons. The highest BCUT2D eigenvalue weighted by Gasteiger charge is 2.16. The summed E-state index contributed by atoms with van der Waals surface area (Å²) >= 11 is 5.51. The Kier molecular flexibility index (Phi) is 7.09. The van der Waals surface area contributed by atoms with E-state index in [0.29, 0.717) is 30.5 Å². The maximum Gasteiger partial charge on any atom is 0.313 e. The molecule has 0 heterocycles. The smallest absolute Gasteiger partial charge is 0.313 e. The zero-order valence-electron chi connectivity index (χ0n) is 11.9. The SMILES string of the molecule is CCC(C)c1ccccc1NC(=O)C(=O)NCCCCl. The molecule has 1 aromatic rings. The van der Waals surface area contributed by atoms with Crippen molar-refractivity contribution >= 4 is 29.1 Å². The van der Waals surface area contributed by atoms with E-state index in [4.69, 9.17) is 11.6 Å². The molecule has 1 rings (SSSR count). The molecule has 0 aliphatic carbocycles. The first-order chi connectivity index (χ1) is 9.60. The number of carbonyl (C=O) groups excluding carboxylic acids is 2. The second-order valence-electron chi connectivity index (χ2n) is 4.65. The number of alkyl halides is 1. The van der Waals surface area contributed by atoms with Crippen LogP contribution in [0.3, 0.4) is 0 Å². The lowest BCUT2D eigenvalue weighted by Gasteiger charge is -2.15. The standard InChI is InChI=1S/C15H21ClN2O2/c1-3-11(2)12-7-4-5-8-13(12)18-15(20)14(19)17-10-6-9-16/h4-5,7-8,11H,3,6,9-10H2,1-2H3,(H,17,19)(H,18,20). The molecule has 0 saturated heterocycles. The van der Waals surface area contributed by atoms with Gasteiger partial charge in [0, 0.05) is 18.1 Å². The number of nitrogens with one attached hydrogen (secondary N) is 2. The minimum atomic E-state index is -0.643. The number of hydrogen-bond donors (Lipinski definition) is 2. The molecule has 1 atom stereocenters. The van der Waals surface area contributed by atoms with Crippen LogP contribution in [0.25, 0.3) is 0 Å². The summed E-state index contributed by atoms with van der Waals surface area (Å²) in [7, 11) is 0. The van der Waals surface area contributed by atoms with E-state index < -0.39 is 11.8 Å². The van der Waals surface area contributed by atoms with Crippen LogP contribution in [0.1, 0.15) is 38.2 Å². The van der Waals surface area contributed by atoms with Gasteiger partial charge in [-0.3, -0.25) is 9.59 Å². The Morgan fingerprint density at radius 1 is 1.25 bits per heavy atom. The van der Waals surface area contributed by atoms with Gasteiger partial charge in [0.05, 0.1) is 0 Å². The number of rotatable bonds is 6. The summed E-state index contributed by atoms with van der Waals surface area (Å²) in [4.78, 5) is 23.4. The van der Waals surface area contributed by atoms with E-state index in [-0.39, 0.29) is 0 Å². The molecule has 0 aromatic heterocycles. The third-order valence-electron chi connectivity index (χ3n) is 3.15. The first-order valence-electron chi connectivity index (χ1n) is 6.84. The Balaban J connectivity index is 2.68. The number of carbonyl (C=O) groups is 2. The Hall–Kier alpha value is -1.55. The van der Waals surface area contributed by atoms with E-state index in [9.17, 15) is 9.59 Å². The van der Waals surface area contributed by atoms with Crippen molar-refractivity contribution in [1.82, 2.24) is 5.32 Å². The maximum absolute atomic E-state index is 11.8. The van der Waals surface area contributed by atoms with E-state index in [1.165, 1.54) is 0 Å². The molecular weight excluding hydrogens is 276 g/mol. The van der Waals surface area contributed by atoms with Crippen LogP contribution in [0.5, 0.6) is 0 Å². The normalized spacial score (nSPS) is 11.8.